The van der Waals surface area contributed by atoms with Crippen molar-refractivity contribution in [3.8, 4) is 11.5 Å². The number of ether oxygens (including phenoxy) is 2. The van der Waals surface area contributed by atoms with E-state index in [9.17, 15) is 35.1 Å². The molecule has 33 heavy (non-hydrogen) atoms. The van der Waals surface area contributed by atoms with E-state index in [1.54, 1.807) is 6.08 Å². The van der Waals surface area contributed by atoms with Gasteiger partial charge >= 0.3 is 12.5 Å². The van der Waals surface area contributed by atoms with Gasteiger partial charge in [-0.1, -0.05) is 38.0 Å². The Morgan fingerprint density at radius 1 is 0.818 bits per heavy atom. The van der Waals surface area contributed by atoms with Crippen LogP contribution in [0.3, 0.4) is 0 Å². The fourth-order valence-corrected chi connectivity index (χ4v) is 3.57. The molecule has 0 aromatic heterocycles. The molecule has 0 N–H and O–H groups in total. The van der Waals surface area contributed by atoms with Crippen molar-refractivity contribution in [3.05, 3.63) is 65.0 Å². The van der Waals surface area contributed by atoms with E-state index in [2.05, 4.69) is 16.4 Å². The van der Waals surface area contributed by atoms with E-state index in [-0.39, 0.29) is 12.1 Å². The highest BCUT2D eigenvalue weighted by atomic mass is 19.4. The van der Waals surface area contributed by atoms with Crippen LogP contribution in [0, 0.1) is 29.3 Å². The summed E-state index contributed by atoms with van der Waals surface area (Å²) in [4.78, 5) is 0. The van der Waals surface area contributed by atoms with Crippen LogP contribution in [0.2, 0.25) is 0 Å². The largest absolute Gasteiger partial charge is 0.573 e. The lowest BCUT2D eigenvalue weighted by molar-refractivity contribution is -0.276. The Balaban J connectivity index is 1.74. The number of hydrogen-bond acceptors (Lipinski definition) is 2. The number of allylic oxidation sites excluding steroid dienone is 1. The van der Waals surface area contributed by atoms with E-state index in [0.717, 1.165) is 37.8 Å². The van der Waals surface area contributed by atoms with Crippen molar-refractivity contribution in [1.82, 2.24) is 0 Å². The lowest BCUT2D eigenvalue weighted by atomic mass is 9.83. The van der Waals surface area contributed by atoms with Crippen LogP contribution in [0.25, 0.3) is 6.08 Å². The average Bonchev–Trinajstić information content (AvgIpc) is 2.71. The summed E-state index contributed by atoms with van der Waals surface area (Å²) in [6, 6.07) is 3.07. The summed E-state index contributed by atoms with van der Waals surface area (Å²) < 4.78 is 115. The molecular weight excluding hydrogens is 460 g/mol. The minimum absolute atomic E-state index is 0.0792. The van der Waals surface area contributed by atoms with Crippen molar-refractivity contribution in [3.63, 3.8) is 0 Å². The highest BCUT2D eigenvalue weighted by Crippen LogP contribution is 2.37. The molecule has 0 saturated heterocycles. The van der Waals surface area contributed by atoms with Gasteiger partial charge < -0.3 is 9.47 Å². The molecule has 0 amide bonds. The van der Waals surface area contributed by atoms with E-state index in [1.807, 2.05) is 6.08 Å². The zero-order valence-electron chi connectivity index (χ0n) is 17.4. The highest BCUT2D eigenvalue weighted by molar-refractivity contribution is 5.51. The third-order valence-corrected chi connectivity index (χ3v) is 5.37. The van der Waals surface area contributed by atoms with Gasteiger partial charge in [0.25, 0.3) is 0 Å². The molecule has 1 aliphatic carbocycles. The van der Waals surface area contributed by atoms with Gasteiger partial charge in [-0.15, -0.1) is 13.2 Å². The first-order valence-electron chi connectivity index (χ1n) is 10.1. The highest BCUT2D eigenvalue weighted by Gasteiger charge is 2.39. The monoisotopic (exact) mass is 480 g/mol. The third-order valence-electron chi connectivity index (χ3n) is 5.37. The smallest absolute Gasteiger partial charge is 0.426 e. The van der Waals surface area contributed by atoms with E-state index < -0.39 is 47.0 Å². The Kier molecular flexibility index (Phi) is 7.23. The summed E-state index contributed by atoms with van der Waals surface area (Å²) in [5.74, 6) is -6.98. The first-order valence-corrected chi connectivity index (χ1v) is 10.1. The third kappa shape index (κ3) is 6.61. The lowest BCUT2D eigenvalue weighted by Gasteiger charge is -2.23. The Hall–Kier alpha value is -2.78. The van der Waals surface area contributed by atoms with E-state index in [4.69, 9.17) is 0 Å². The number of benzene rings is 2. The number of alkyl halides is 5. The van der Waals surface area contributed by atoms with Crippen molar-refractivity contribution in [2.45, 2.75) is 45.1 Å². The predicted molar refractivity (Wildman–Crippen MR) is 104 cm³/mol. The summed E-state index contributed by atoms with van der Waals surface area (Å²) in [5.41, 5.74) is -1.05. The van der Waals surface area contributed by atoms with Gasteiger partial charge in [-0.2, -0.15) is 8.78 Å². The number of hydrogen-bond donors (Lipinski definition) is 0. The molecule has 0 heterocycles. The van der Waals surface area contributed by atoms with Crippen LogP contribution in [-0.2, 0) is 6.11 Å². The maximum Gasteiger partial charge on any atom is 0.573 e. The molecule has 2 aromatic carbocycles. The second-order valence-corrected chi connectivity index (χ2v) is 8.00. The molecule has 0 aliphatic heterocycles. The fourth-order valence-electron chi connectivity index (χ4n) is 3.57. The minimum atomic E-state index is -5.43. The molecule has 1 saturated carbocycles. The minimum Gasteiger partial charge on any atom is -0.426 e. The van der Waals surface area contributed by atoms with Crippen LogP contribution >= 0.6 is 0 Å². The van der Waals surface area contributed by atoms with Gasteiger partial charge in [0, 0.05) is 0 Å². The molecule has 0 atom stereocenters. The Morgan fingerprint density at radius 2 is 1.42 bits per heavy atom. The maximum atomic E-state index is 14.4. The Labute approximate surface area is 184 Å². The van der Waals surface area contributed by atoms with Gasteiger partial charge in [-0.25, -0.2) is 13.2 Å². The van der Waals surface area contributed by atoms with E-state index >= 15 is 0 Å². The van der Waals surface area contributed by atoms with Crippen LogP contribution in [0.5, 0.6) is 11.5 Å². The summed E-state index contributed by atoms with van der Waals surface area (Å²) >= 11 is 0. The van der Waals surface area contributed by atoms with Gasteiger partial charge in [0.1, 0.15) is 0 Å². The molecular formula is C23H20F8O2. The van der Waals surface area contributed by atoms with E-state index in [1.165, 1.54) is 6.07 Å². The molecule has 0 unspecified atom stereocenters. The topological polar surface area (TPSA) is 18.5 Å². The van der Waals surface area contributed by atoms with E-state index in [0.29, 0.717) is 17.4 Å². The first-order chi connectivity index (χ1) is 15.3. The van der Waals surface area contributed by atoms with Crippen molar-refractivity contribution >= 4 is 6.08 Å². The molecule has 0 radical (unpaired) electrons. The van der Waals surface area contributed by atoms with Gasteiger partial charge in [0.05, 0.1) is 5.56 Å². The molecule has 1 aliphatic rings. The zero-order valence-corrected chi connectivity index (χ0v) is 17.4. The fraction of sp³-hybridized carbons (Fsp3) is 0.391. The molecule has 0 spiro atoms. The van der Waals surface area contributed by atoms with Gasteiger partial charge in [0.2, 0.25) is 5.75 Å². The quantitative estimate of drug-likeness (QED) is 0.391. The number of rotatable bonds is 6. The summed E-state index contributed by atoms with van der Waals surface area (Å²) in [5, 5.41) is 0. The normalized spacial score (nSPS) is 19.7. The Morgan fingerprint density at radius 3 is 1.97 bits per heavy atom. The van der Waals surface area contributed by atoms with Crippen LogP contribution in [0.4, 0.5) is 35.1 Å². The van der Waals surface area contributed by atoms with Crippen molar-refractivity contribution < 1.29 is 44.6 Å². The molecule has 180 valence electrons. The second kappa shape index (κ2) is 9.61. The van der Waals surface area contributed by atoms with Gasteiger partial charge in [-0.05, 0) is 54.5 Å². The maximum absolute atomic E-state index is 14.4. The van der Waals surface area contributed by atoms with Crippen molar-refractivity contribution in [1.29, 1.82) is 0 Å². The second-order valence-electron chi connectivity index (χ2n) is 8.00. The standard InChI is InChI=1S/C23H20F8O2/c1-13-2-4-14(5-3-13)6-7-15-8-9-20(17(24)10-15)32-22(27,28)16-11-18(25)21(19(26)12-16)33-23(29,30)31/h6-14H,2-5H2,1H3/b7-6+. The van der Waals surface area contributed by atoms with Crippen LogP contribution in [0.15, 0.2) is 36.4 Å². The molecule has 2 aromatic rings. The molecule has 10 heteroatoms. The van der Waals surface area contributed by atoms with Crippen LogP contribution in [0.1, 0.15) is 43.7 Å². The van der Waals surface area contributed by atoms with Crippen molar-refractivity contribution in [2.24, 2.45) is 11.8 Å². The molecule has 1 fully saturated rings. The Bertz CT molecular complexity index is 985. The SMILES string of the molecule is CC1CCC(/C=C/c2ccc(OC(F)(F)c3cc(F)c(OC(F)(F)F)c(F)c3)c(F)c2)CC1. The zero-order chi connectivity index (χ0) is 24.4. The van der Waals surface area contributed by atoms with Crippen molar-refractivity contribution in [2.75, 3.05) is 0 Å². The van der Waals surface area contributed by atoms with Gasteiger partial charge in [-0.3, -0.25) is 0 Å². The van der Waals surface area contributed by atoms with Crippen LogP contribution < -0.4 is 9.47 Å². The average molecular weight is 480 g/mol. The summed E-state index contributed by atoms with van der Waals surface area (Å²) in [7, 11) is 0. The molecule has 2 nitrogen and oxygen atoms in total. The van der Waals surface area contributed by atoms with Gasteiger partial charge in [0.15, 0.2) is 23.2 Å². The predicted octanol–water partition coefficient (Wildman–Crippen LogP) is 7.97. The lowest BCUT2D eigenvalue weighted by Crippen LogP contribution is -2.24. The molecule has 3 rings (SSSR count). The first kappa shape index (κ1) is 24.9. The molecule has 0 bridgehead atoms. The summed E-state index contributed by atoms with van der Waals surface area (Å²) in [6.07, 6.45) is -2.07. The van der Waals surface area contributed by atoms with Crippen LogP contribution in [-0.4, -0.2) is 6.36 Å². The number of halogens is 8. The summed E-state index contributed by atoms with van der Waals surface area (Å²) in [6.45, 7) is 2.18.